The van der Waals surface area contributed by atoms with Gasteiger partial charge < -0.3 is 58.1 Å². The Morgan fingerprint density at radius 1 is 0.821 bits per heavy atom. The number of allylic oxidation sites excluding steroid dienone is 6. The highest BCUT2D eigenvalue weighted by atomic mass is 19.4. The van der Waals surface area contributed by atoms with Crippen LogP contribution in [0.1, 0.15) is 126 Å². The number of fused-ring (bicyclic) bond motifs is 3. The first-order valence-corrected chi connectivity index (χ1v) is 28.0. The number of Topliss-reactive ketones (excluding diaryl/α,β-unsaturated/α-hetero) is 3. The number of hydrogen-bond donors (Lipinski definition) is 3. The summed E-state index contributed by atoms with van der Waals surface area (Å²) in [6.45, 7) is 10.7. The second-order valence-electron chi connectivity index (χ2n) is 22.1. The van der Waals surface area contributed by atoms with Gasteiger partial charge in [0, 0.05) is 51.4 Å². The van der Waals surface area contributed by atoms with Crippen LogP contribution in [0.4, 0.5) is 13.2 Å². The van der Waals surface area contributed by atoms with Crippen molar-refractivity contribution in [2.24, 2.45) is 35.5 Å². The van der Waals surface area contributed by atoms with E-state index < -0.39 is 90.5 Å². The minimum Gasteiger partial charge on any atom is -0.460 e. The number of nitrogens with zero attached hydrogens (tertiary/aromatic N) is 1. The molecule has 3 heterocycles. The summed E-state index contributed by atoms with van der Waals surface area (Å²) in [5.41, 5.74) is 1.07. The van der Waals surface area contributed by atoms with Crippen molar-refractivity contribution in [1.82, 2.24) is 4.90 Å². The van der Waals surface area contributed by atoms with Crippen LogP contribution in [0, 0.1) is 35.5 Å². The molecule has 20 heteroatoms. The van der Waals surface area contributed by atoms with E-state index in [2.05, 4.69) is 4.74 Å². The van der Waals surface area contributed by atoms with Gasteiger partial charge in [-0.05, 0) is 107 Å². The topological polar surface area (TPSA) is 223 Å². The van der Waals surface area contributed by atoms with Gasteiger partial charge in [0.2, 0.25) is 5.79 Å². The van der Waals surface area contributed by atoms with E-state index in [9.17, 15) is 52.5 Å². The number of alkyl halides is 3. The van der Waals surface area contributed by atoms with Gasteiger partial charge in [0.15, 0.2) is 5.78 Å². The number of halogens is 3. The van der Waals surface area contributed by atoms with Crippen molar-refractivity contribution in [2.45, 2.75) is 186 Å². The molecular formula is C58H90F3NO16. The molecule has 3 aliphatic heterocycles. The number of piperidine rings is 1. The molecule has 4 rings (SSSR count). The number of rotatable bonds is 16. The van der Waals surface area contributed by atoms with Crippen molar-refractivity contribution in [2.75, 3.05) is 67.0 Å². The Labute approximate surface area is 459 Å². The van der Waals surface area contributed by atoms with Gasteiger partial charge in [-0.3, -0.25) is 19.2 Å². The zero-order valence-electron chi connectivity index (χ0n) is 47.4. The summed E-state index contributed by atoms with van der Waals surface area (Å²) in [6.07, 6.45) is 5.60. The lowest BCUT2D eigenvalue weighted by Crippen LogP contribution is -2.61. The molecule has 3 N–H and O–H groups in total. The van der Waals surface area contributed by atoms with Crippen molar-refractivity contribution < 1.29 is 90.4 Å². The third-order valence-corrected chi connectivity index (χ3v) is 15.8. The van der Waals surface area contributed by atoms with Crippen molar-refractivity contribution in [3.05, 3.63) is 47.6 Å². The number of ether oxygens (including phenoxy) is 8. The summed E-state index contributed by atoms with van der Waals surface area (Å²) in [5, 5.41) is 33.1. The molecule has 4 aliphatic rings. The first-order valence-electron chi connectivity index (χ1n) is 28.0. The van der Waals surface area contributed by atoms with Gasteiger partial charge in [-0.25, -0.2) is 4.79 Å². The Hall–Kier alpha value is -3.70. The van der Waals surface area contributed by atoms with Crippen LogP contribution in [-0.2, 0) is 61.9 Å². The molecule has 0 aromatic heterocycles. The molecule has 3 fully saturated rings. The van der Waals surface area contributed by atoms with Crippen molar-refractivity contribution in [3.8, 4) is 0 Å². The monoisotopic (exact) mass is 1110 g/mol. The van der Waals surface area contributed by atoms with Crippen LogP contribution in [0.5, 0.6) is 0 Å². The number of hydrogen-bond acceptors (Lipinski definition) is 16. The van der Waals surface area contributed by atoms with E-state index >= 15 is 0 Å². The molecule has 0 unspecified atom stereocenters. The number of carbonyl (C=O) groups excluding carboxylic acids is 5. The lowest BCUT2D eigenvalue weighted by atomic mass is 9.78. The summed E-state index contributed by atoms with van der Waals surface area (Å²) in [5.74, 6) is -8.80. The van der Waals surface area contributed by atoms with Crippen LogP contribution in [0.25, 0.3) is 0 Å². The molecular weight excluding hydrogens is 1020 g/mol. The summed E-state index contributed by atoms with van der Waals surface area (Å²) in [4.78, 5) is 72.8. The molecule has 15 atom stereocenters. The molecule has 2 saturated heterocycles. The average Bonchev–Trinajstić information content (AvgIpc) is 3.43. The van der Waals surface area contributed by atoms with Crippen molar-refractivity contribution >= 4 is 29.2 Å². The largest absolute Gasteiger partial charge is 0.460 e. The maximum atomic E-state index is 14.6. The van der Waals surface area contributed by atoms with Gasteiger partial charge in [-0.15, -0.1) is 0 Å². The smallest absolute Gasteiger partial charge is 0.411 e. The molecule has 1 aliphatic carbocycles. The Bertz CT molecular complexity index is 2050. The highest BCUT2D eigenvalue weighted by Crippen LogP contribution is 2.38. The van der Waals surface area contributed by atoms with Crippen LogP contribution in [-0.4, -0.2) is 177 Å². The molecule has 2 bridgehead atoms. The van der Waals surface area contributed by atoms with Crippen molar-refractivity contribution in [1.29, 1.82) is 0 Å². The average molecular weight is 1110 g/mol. The van der Waals surface area contributed by atoms with Crippen LogP contribution in [0.15, 0.2) is 47.6 Å². The molecule has 17 nitrogen and oxygen atoms in total. The first kappa shape index (κ1) is 66.8. The molecule has 0 aromatic carbocycles. The minimum atomic E-state index is -4.46. The van der Waals surface area contributed by atoms with E-state index in [0.29, 0.717) is 56.9 Å². The molecule has 1 saturated carbocycles. The number of amides is 1. The highest BCUT2D eigenvalue weighted by molar-refractivity contribution is 6.39. The van der Waals surface area contributed by atoms with E-state index in [1.807, 2.05) is 39.0 Å². The zero-order valence-corrected chi connectivity index (χ0v) is 47.4. The number of esters is 1. The summed E-state index contributed by atoms with van der Waals surface area (Å²) >= 11 is 0. The summed E-state index contributed by atoms with van der Waals surface area (Å²) in [7, 11) is 2.96. The second kappa shape index (κ2) is 32.7. The van der Waals surface area contributed by atoms with E-state index in [1.165, 1.54) is 7.11 Å². The highest BCUT2D eigenvalue weighted by Gasteiger charge is 2.53. The fraction of sp³-hybridized carbons (Fsp3) is 0.776. The molecule has 1 amide bonds. The normalized spacial score (nSPS) is 35.9. The van der Waals surface area contributed by atoms with Crippen LogP contribution in [0.2, 0.25) is 0 Å². The van der Waals surface area contributed by atoms with E-state index in [-0.39, 0.29) is 107 Å². The first-order chi connectivity index (χ1) is 36.9. The third kappa shape index (κ3) is 20.4. The van der Waals surface area contributed by atoms with Gasteiger partial charge in [0.25, 0.3) is 11.7 Å². The molecule has 0 aromatic rings. The fourth-order valence-corrected chi connectivity index (χ4v) is 11.1. The van der Waals surface area contributed by atoms with E-state index in [0.717, 1.165) is 16.9 Å². The number of ketones is 3. The molecule has 78 heavy (non-hydrogen) atoms. The number of carbonyl (C=O) groups is 5. The number of methoxy groups -OCH3 is 2. The lowest BCUT2D eigenvalue weighted by Gasteiger charge is -2.43. The van der Waals surface area contributed by atoms with E-state index in [4.69, 9.17) is 33.2 Å². The number of aliphatic hydroxyl groups excluding tert-OH is 2. The second-order valence-corrected chi connectivity index (χ2v) is 22.1. The predicted molar refractivity (Wildman–Crippen MR) is 283 cm³/mol. The molecule has 444 valence electrons. The Kier molecular flexibility index (Phi) is 28.0. The minimum absolute atomic E-state index is 0.0165. The maximum Gasteiger partial charge on any atom is 0.411 e. The van der Waals surface area contributed by atoms with Gasteiger partial charge in [0.1, 0.15) is 36.7 Å². The maximum absolute atomic E-state index is 14.6. The quantitative estimate of drug-likeness (QED) is 0.0604. The number of aliphatic hydroxyl groups is 3. The van der Waals surface area contributed by atoms with E-state index in [1.54, 1.807) is 53.0 Å². The van der Waals surface area contributed by atoms with Gasteiger partial charge in [-0.1, -0.05) is 71.1 Å². The van der Waals surface area contributed by atoms with Gasteiger partial charge >= 0.3 is 12.1 Å². The standard InChI is InChI=1S/C58H90F3NO16/c1-36-15-11-10-12-16-37(2)48(76-28-27-73-25-26-74-35-57(59,60)61)33-44-20-18-42(7)58(70,78-44)54(67)55(68)62-22-14-13-17-45(62)56(69)77-49(39(4)31-43-19-21-47(75-24-23-63)50(32-43)71-8)34-46(64)38(3)30-41(6)52(66)53(72-9)51(65)40(5)29-36/h10-12,15-16,30,36,38-40,42-45,47-50,52-53,63,66,70H,13-14,17-29,31-35H2,1-9H3/b12-10+,15-11+,37-16+,41-30+/t36-,38-,39-,40-,42-,43+,44+,45+,47-,48+,49+,50-,52-,53+,58-/m1/s1. The van der Waals surface area contributed by atoms with Crippen molar-refractivity contribution in [3.63, 3.8) is 0 Å². The lowest BCUT2D eigenvalue weighted by molar-refractivity contribution is -0.266. The van der Waals surface area contributed by atoms with Crippen LogP contribution >= 0.6 is 0 Å². The SMILES string of the molecule is CO[C@@H]1C[C@H](C[C@@H](C)[C@@H]2CC(=O)[C@H](C)/C=C(\C)[C@@H](O)[C@@H](OC)C(=O)[C@H](C)C[C@H](C)/C=C/C=C/C=C(\C)[C@@H](OCCOCCOCC(F)(F)F)C[C@@H]3CC[C@@H](C)[C@@](O)(O3)C(=O)C(=O)N3CCCC[C@H]3C(=O)O2)CC[C@H]1OCCO. The van der Waals surface area contributed by atoms with Crippen LogP contribution in [0.3, 0.4) is 0 Å². The zero-order chi connectivity index (χ0) is 57.7. The molecule has 0 spiro atoms. The Balaban J connectivity index is 1.68. The Morgan fingerprint density at radius 2 is 1.54 bits per heavy atom. The number of cyclic esters (lactones) is 1. The van der Waals surface area contributed by atoms with Crippen LogP contribution < -0.4 is 0 Å². The summed E-state index contributed by atoms with van der Waals surface area (Å²) < 4.78 is 83.7. The Morgan fingerprint density at radius 3 is 2.23 bits per heavy atom. The third-order valence-electron chi connectivity index (χ3n) is 15.8. The van der Waals surface area contributed by atoms with Gasteiger partial charge in [0.05, 0.1) is 64.1 Å². The fourth-order valence-electron chi connectivity index (χ4n) is 11.1. The summed E-state index contributed by atoms with van der Waals surface area (Å²) in [6, 6.07) is -1.22. The predicted octanol–water partition coefficient (Wildman–Crippen LogP) is 7.16. The van der Waals surface area contributed by atoms with Gasteiger partial charge in [-0.2, -0.15) is 13.2 Å². The molecule has 0 radical (unpaired) electrons.